The standard InChI is InChI=1S/C11H7F3N2O/c12-11(13,14)10-5-7(6-17)15-8-3-1-2-4-9(8)16-10/h1-6,16H. The minimum Gasteiger partial charge on any atom is -0.350 e. The number of alkyl halides is 3. The molecular weight excluding hydrogens is 233 g/mol. The topological polar surface area (TPSA) is 41.5 Å². The van der Waals surface area contributed by atoms with Gasteiger partial charge in [0.05, 0.1) is 11.4 Å². The van der Waals surface area contributed by atoms with Gasteiger partial charge in [0.25, 0.3) is 0 Å². The Morgan fingerprint density at radius 2 is 1.94 bits per heavy atom. The molecule has 1 aliphatic rings. The Bertz CT molecular complexity index is 518. The molecule has 0 fully saturated rings. The van der Waals surface area contributed by atoms with Crippen molar-refractivity contribution in [1.29, 1.82) is 0 Å². The Morgan fingerprint density at radius 1 is 1.24 bits per heavy atom. The minimum absolute atomic E-state index is 0.216. The van der Waals surface area contributed by atoms with Gasteiger partial charge >= 0.3 is 6.18 Å². The molecule has 0 saturated heterocycles. The van der Waals surface area contributed by atoms with Crippen LogP contribution in [0.1, 0.15) is 0 Å². The quantitative estimate of drug-likeness (QED) is 0.767. The Labute approximate surface area is 94.7 Å². The van der Waals surface area contributed by atoms with E-state index in [-0.39, 0.29) is 17.7 Å². The van der Waals surface area contributed by atoms with Gasteiger partial charge in [-0.2, -0.15) is 13.2 Å². The molecule has 17 heavy (non-hydrogen) atoms. The van der Waals surface area contributed by atoms with Crippen molar-refractivity contribution >= 4 is 23.4 Å². The van der Waals surface area contributed by atoms with Crippen LogP contribution in [-0.2, 0) is 4.79 Å². The number of benzene rings is 1. The number of allylic oxidation sites excluding steroid dienone is 2. The van der Waals surface area contributed by atoms with Gasteiger partial charge in [-0.25, -0.2) is 4.99 Å². The molecule has 0 spiro atoms. The molecule has 0 aliphatic carbocycles. The van der Waals surface area contributed by atoms with Crippen molar-refractivity contribution in [2.75, 3.05) is 5.32 Å². The monoisotopic (exact) mass is 240 g/mol. The van der Waals surface area contributed by atoms with Crippen LogP contribution in [0.15, 0.2) is 41.0 Å². The van der Waals surface area contributed by atoms with Crippen molar-refractivity contribution in [2.24, 2.45) is 4.99 Å². The third kappa shape index (κ3) is 2.35. The maximum absolute atomic E-state index is 12.6. The van der Waals surface area contributed by atoms with Crippen LogP contribution in [0.5, 0.6) is 0 Å². The van der Waals surface area contributed by atoms with Crippen LogP contribution in [-0.4, -0.2) is 18.2 Å². The fourth-order valence-corrected chi connectivity index (χ4v) is 1.39. The molecule has 0 radical (unpaired) electrons. The normalized spacial score (nSPS) is 15.0. The number of nitrogens with one attached hydrogen (secondary N) is 1. The molecule has 1 aromatic carbocycles. The average Bonchev–Trinajstić information content (AvgIpc) is 2.46. The number of nitrogens with zero attached hydrogens (tertiary/aromatic N) is 1. The zero-order chi connectivity index (χ0) is 12.5. The predicted octanol–water partition coefficient (Wildman–Crippen LogP) is 2.83. The van der Waals surface area contributed by atoms with Gasteiger partial charge in [0.1, 0.15) is 11.4 Å². The molecule has 88 valence electrons. The second-order valence-corrected chi connectivity index (χ2v) is 3.35. The number of rotatable bonds is 1. The minimum atomic E-state index is -4.55. The van der Waals surface area contributed by atoms with Gasteiger partial charge in [-0.15, -0.1) is 0 Å². The Kier molecular flexibility index (Phi) is 2.71. The lowest BCUT2D eigenvalue weighted by Crippen LogP contribution is -2.19. The van der Waals surface area contributed by atoms with Crippen molar-refractivity contribution in [1.82, 2.24) is 0 Å². The number of carbonyl (C=O) groups is 1. The number of halogens is 3. The second kappa shape index (κ2) is 4.04. The molecule has 0 amide bonds. The highest BCUT2D eigenvalue weighted by molar-refractivity contribution is 6.35. The Balaban J connectivity index is 2.54. The number of carbonyl (C=O) groups excluding carboxylic acids is 1. The summed E-state index contributed by atoms with van der Waals surface area (Å²) < 4.78 is 37.9. The molecule has 1 N–H and O–H groups in total. The molecule has 0 atom stereocenters. The Morgan fingerprint density at radius 3 is 2.59 bits per heavy atom. The molecular formula is C11H7F3N2O. The molecule has 1 aliphatic heterocycles. The maximum Gasteiger partial charge on any atom is 0.431 e. The molecule has 0 aromatic heterocycles. The fraction of sp³-hybridized carbons (Fsp3) is 0.0909. The lowest BCUT2D eigenvalue weighted by molar-refractivity contribution is -0.102. The highest BCUT2D eigenvalue weighted by Crippen LogP contribution is 2.33. The Hall–Kier alpha value is -2.11. The molecule has 3 nitrogen and oxygen atoms in total. The van der Waals surface area contributed by atoms with Gasteiger partial charge in [0, 0.05) is 0 Å². The fourth-order valence-electron chi connectivity index (χ4n) is 1.39. The van der Waals surface area contributed by atoms with E-state index in [2.05, 4.69) is 10.3 Å². The van der Waals surface area contributed by atoms with E-state index in [0.29, 0.717) is 11.8 Å². The SMILES string of the molecule is O=CC1=Nc2ccccc2NC(C(F)(F)F)=C1. The number of anilines is 1. The molecule has 0 saturated carbocycles. The van der Waals surface area contributed by atoms with Crippen molar-refractivity contribution in [3.8, 4) is 0 Å². The molecule has 2 rings (SSSR count). The van der Waals surface area contributed by atoms with Crippen molar-refractivity contribution < 1.29 is 18.0 Å². The first-order valence-corrected chi connectivity index (χ1v) is 4.69. The molecule has 0 unspecified atom stereocenters. The van der Waals surface area contributed by atoms with Gasteiger partial charge in [0.15, 0.2) is 6.29 Å². The van der Waals surface area contributed by atoms with Gasteiger partial charge in [-0.3, -0.25) is 4.79 Å². The van der Waals surface area contributed by atoms with Crippen LogP contribution >= 0.6 is 0 Å². The summed E-state index contributed by atoms with van der Waals surface area (Å²) in [5.74, 6) is 0. The molecule has 6 heteroatoms. The number of fused-ring (bicyclic) bond motifs is 1. The first-order chi connectivity index (χ1) is 8.00. The number of aldehydes is 1. The van der Waals surface area contributed by atoms with Crippen LogP contribution in [0.25, 0.3) is 0 Å². The number of para-hydroxylation sites is 2. The first kappa shape index (κ1) is 11.4. The zero-order valence-corrected chi connectivity index (χ0v) is 8.45. The summed E-state index contributed by atoms with van der Waals surface area (Å²) in [7, 11) is 0. The number of hydrogen-bond donors (Lipinski definition) is 1. The number of aliphatic imine (C=N–C) groups is 1. The summed E-state index contributed by atoms with van der Waals surface area (Å²) in [5, 5.41) is 2.23. The van der Waals surface area contributed by atoms with Gasteiger partial charge in [0.2, 0.25) is 0 Å². The van der Waals surface area contributed by atoms with E-state index < -0.39 is 11.9 Å². The largest absolute Gasteiger partial charge is 0.431 e. The van der Waals surface area contributed by atoms with Crippen LogP contribution < -0.4 is 5.32 Å². The average molecular weight is 240 g/mol. The van der Waals surface area contributed by atoms with E-state index in [4.69, 9.17) is 0 Å². The maximum atomic E-state index is 12.6. The third-order valence-corrected chi connectivity index (χ3v) is 2.14. The zero-order valence-electron chi connectivity index (χ0n) is 8.45. The van der Waals surface area contributed by atoms with Crippen molar-refractivity contribution in [2.45, 2.75) is 6.18 Å². The second-order valence-electron chi connectivity index (χ2n) is 3.35. The molecule has 0 bridgehead atoms. The highest BCUT2D eigenvalue weighted by atomic mass is 19.4. The third-order valence-electron chi connectivity index (χ3n) is 2.14. The summed E-state index contributed by atoms with van der Waals surface area (Å²) in [4.78, 5) is 14.5. The summed E-state index contributed by atoms with van der Waals surface area (Å²) in [6.45, 7) is 0. The van der Waals surface area contributed by atoms with Crippen LogP contribution in [0, 0.1) is 0 Å². The van der Waals surface area contributed by atoms with Crippen molar-refractivity contribution in [3.05, 3.63) is 36.0 Å². The van der Waals surface area contributed by atoms with E-state index in [1.807, 2.05) is 0 Å². The smallest absolute Gasteiger partial charge is 0.350 e. The van der Waals surface area contributed by atoms with Crippen LogP contribution in [0.2, 0.25) is 0 Å². The summed E-state index contributed by atoms with van der Waals surface area (Å²) in [6, 6.07) is 6.21. The lowest BCUT2D eigenvalue weighted by atomic mass is 10.2. The summed E-state index contributed by atoms with van der Waals surface area (Å²) >= 11 is 0. The molecule has 1 aromatic rings. The number of hydrogen-bond acceptors (Lipinski definition) is 3. The van der Waals surface area contributed by atoms with E-state index in [9.17, 15) is 18.0 Å². The predicted molar refractivity (Wildman–Crippen MR) is 57.4 cm³/mol. The van der Waals surface area contributed by atoms with E-state index in [1.165, 1.54) is 12.1 Å². The summed E-state index contributed by atoms with van der Waals surface area (Å²) in [6.07, 6.45) is -3.58. The first-order valence-electron chi connectivity index (χ1n) is 4.69. The molecule has 1 heterocycles. The van der Waals surface area contributed by atoms with E-state index in [0.717, 1.165) is 0 Å². The summed E-state index contributed by atoms with van der Waals surface area (Å²) in [5.41, 5.74) is -0.763. The van der Waals surface area contributed by atoms with Gasteiger partial charge in [-0.1, -0.05) is 12.1 Å². The van der Waals surface area contributed by atoms with E-state index >= 15 is 0 Å². The van der Waals surface area contributed by atoms with Crippen LogP contribution in [0.3, 0.4) is 0 Å². The van der Waals surface area contributed by atoms with Crippen molar-refractivity contribution in [3.63, 3.8) is 0 Å². The van der Waals surface area contributed by atoms with Gasteiger partial charge in [-0.05, 0) is 18.2 Å². The van der Waals surface area contributed by atoms with E-state index in [1.54, 1.807) is 12.1 Å². The highest BCUT2D eigenvalue weighted by Gasteiger charge is 2.35. The van der Waals surface area contributed by atoms with Gasteiger partial charge < -0.3 is 5.32 Å². The lowest BCUT2D eigenvalue weighted by Gasteiger charge is -2.13. The van der Waals surface area contributed by atoms with Crippen LogP contribution in [0.4, 0.5) is 24.5 Å².